The molecule has 1 heterocycles. The Balaban J connectivity index is 1.91. The van der Waals surface area contributed by atoms with Gasteiger partial charge in [-0.2, -0.15) is 0 Å². The minimum atomic E-state index is 0.0240. The zero-order chi connectivity index (χ0) is 18.1. The molecule has 0 bridgehead atoms. The number of likely N-dealkylation sites (tertiary alicyclic amines) is 1. The zero-order valence-corrected chi connectivity index (χ0v) is 15.2. The number of nitrogens with zero attached hydrogens (tertiary/aromatic N) is 1. The fourth-order valence-corrected chi connectivity index (χ4v) is 3.07. The topological polar surface area (TPSA) is 61.8 Å². The van der Waals surface area contributed by atoms with Crippen molar-refractivity contribution in [2.45, 2.75) is 32.7 Å². The molecule has 5 nitrogen and oxygen atoms in total. The molecule has 1 saturated heterocycles. The number of ether oxygens (including phenoxy) is 1. The lowest BCUT2D eigenvalue weighted by Crippen LogP contribution is -2.43. The first-order chi connectivity index (χ1) is 12.1. The molecular formula is C20H30N2O3. The highest BCUT2D eigenvalue weighted by Gasteiger charge is 2.26. The molecule has 5 heteroatoms. The van der Waals surface area contributed by atoms with E-state index in [1.54, 1.807) is 0 Å². The maximum Gasteiger partial charge on any atom is 0.224 e. The number of carbonyl (C=O) groups excluding carboxylic acids is 1. The van der Waals surface area contributed by atoms with Gasteiger partial charge in [0.2, 0.25) is 5.91 Å². The Labute approximate surface area is 150 Å². The molecule has 2 rings (SSSR count). The molecule has 1 atom stereocenters. The van der Waals surface area contributed by atoms with E-state index in [1.807, 2.05) is 25.1 Å². The highest BCUT2D eigenvalue weighted by atomic mass is 16.5. The molecule has 1 aromatic carbocycles. The Morgan fingerprint density at radius 2 is 2.24 bits per heavy atom. The van der Waals surface area contributed by atoms with Crippen LogP contribution in [0.5, 0.6) is 5.75 Å². The monoisotopic (exact) mass is 346 g/mol. The Morgan fingerprint density at radius 1 is 1.44 bits per heavy atom. The third-order valence-corrected chi connectivity index (χ3v) is 4.35. The van der Waals surface area contributed by atoms with Gasteiger partial charge in [0.15, 0.2) is 0 Å². The minimum absolute atomic E-state index is 0.0240. The summed E-state index contributed by atoms with van der Waals surface area (Å²) in [6.45, 7) is 9.55. The average Bonchev–Trinajstić information content (AvgIpc) is 2.61. The van der Waals surface area contributed by atoms with Crippen molar-refractivity contribution in [2.75, 3.05) is 32.8 Å². The van der Waals surface area contributed by atoms with Crippen LogP contribution in [0.25, 0.3) is 0 Å². The van der Waals surface area contributed by atoms with E-state index in [2.05, 4.69) is 22.9 Å². The summed E-state index contributed by atoms with van der Waals surface area (Å²) in [5.41, 5.74) is 2.14. The van der Waals surface area contributed by atoms with E-state index in [4.69, 9.17) is 9.84 Å². The predicted molar refractivity (Wildman–Crippen MR) is 99.5 cm³/mol. The zero-order valence-electron chi connectivity index (χ0n) is 15.2. The van der Waals surface area contributed by atoms with Crippen molar-refractivity contribution in [3.8, 4) is 5.75 Å². The van der Waals surface area contributed by atoms with Crippen molar-refractivity contribution in [3.63, 3.8) is 0 Å². The molecule has 1 aromatic rings. The van der Waals surface area contributed by atoms with Crippen LogP contribution in [0.2, 0.25) is 0 Å². The van der Waals surface area contributed by atoms with Crippen LogP contribution < -0.4 is 10.1 Å². The van der Waals surface area contributed by atoms with E-state index in [1.165, 1.54) is 0 Å². The molecule has 1 amide bonds. The smallest absolute Gasteiger partial charge is 0.224 e. The van der Waals surface area contributed by atoms with Crippen molar-refractivity contribution < 1.29 is 14.6 Å². The number of hydrogen-bond donors (Lipinski definition) is 2. The van der Waals surface area contributed by atoms with Gasteiger partial charge in [-0.05, 0) is 44.4 Å². The van der Waals surface area contributed by atoms with Crippen molar-refractivity contribution in [3.05, 3.63) is 42.0 Å². The summed E-state index contributed by atoms with van der Waals surface area (Å²) < 4.78 is 5.85. The first-order valence-corrected chi connectivity index (χ1v) is 9.06. The van der Waals surface area contributed by atoms with E-state index < -0.39 is 0 Å². The summed E-state index contributed by atoms with van der Waals surface area (Å²) in [7, 11) is 0. The molecule has 25 heavy (non-hydrogen) atoms. The van der Waals surface area contributed by atoms with Gasteiger partial charge in [0.25, 0.3) is 0 Å². The van der Waals surface area contributed by atoms with Gasteiger partial charge in [0.1, 0.15) is 12.4 Å². The average molecular weight is 346 g/mol. The van der Waals surface area contributed by atoms with Gasteiger partial charge >= 0.3 is 0 Å². The summed E-state index contributed by atoms with van der Waals surface area (Å²) in [4.78, 5) is 14.6. The summed E-state index contributed by atoms with van der Waals surface area (Å²) in [5, 5.41) is 11.7. The van der Waals surface area contributed by atoms with Crippen LogP contribution in [-0.2, 0) is 11.3 Å². The Morgan fingerprint density at radius 3 is 3.00 bits per heavy atom. The standard InChI is InChI=1S/C20H30N2O3/c1-16(2)15-25-19-9-4-3-7-17(19)13-22-11-5-8-18(14-22)20(24)21-10-6-12-23/h3-4,7,9,18,23H,1,5-6,8,10-15H2,2H3,(H,21,24)/t18-/m1/s1. The van der Waals surface area contributed by atoms with Crippen LogP contribution in [0.3, 0.4) is 0 Å². The van der Waals surface area contributed by atoms with Crippen LogP contribution >= 0.6 is 0 Å². The van der Waals surface area contributed by atoms with Gasteiger partial charge in [-0.1, -0.05) is 24.8 Å². The van der Waals surface area contributed by atoms with Gasteiger partial charge in [-0.15, -0.1) is 0 Å². The second-order valence-electron chi connectivity index (χ2n) is 6.80. The number of aliphatic hydroxyl groups is 1. The quantitative estimate of drug-likeness (QED) is 0.532. The summed E-state index contributed by atoms with van der Waals surface area (Å²) in [6.07, 6.45) is 2.55. The number of carbonyl (C=O) groups is 1. The van der Waals surface area contributed by atoms with E-state index in [0.29, 0.717) is 19.6 Å². The van der Waals surface area contributed by atoms with E-state index >= 15 is 0 Å². The van der Waals surface area contributed by atoms with Crippen LogP contribution in [0, 0.1) is 5.92 Å². The number of hydrogen-bond acceptors (Lipinski definition) is 4. The number of aliphatic hydroxyl groups excluding tert-OH is 1. The van der Waals surface area contributed by atoms with Gasteiger partial charge < -0.3 is 15.2 Å². The lowest BCUT2D eigenvalue weighted by Gasteiger charge is -2.32. The van der Waals surface area contributed by atoms with E-state index in [0.717, 1.165) is 49.4 Å². The maximum absolute atomic E-state index is 12.3. The number of para-hydroxylation sites is 1. The lowest BCUT2D eigenvalue weighted by molar-refractivity contribution is -0.126. The van der Waals surface area contributed by atoms with Crippen LogP contribution in [0.15, 0.2) is 36.4 Å². The Kier molecular flexibility index (Phi) is 7.95. The van der Waals surface area contributed by atoms with E-state index in [9.17, 15) is 4.79 Å². The SMILES string of the molecule is C=C(C)COc1ccccc1CN1CCC[C@@H](C(=O)NCCCO)C1. The number of piperidine rings is 1. The van der Waals surface area contributed by atoms with Crippen molar-refractivity contribution in [1.82, 2.24) is 10.2 Å². The molecule has 138 valence electrons. The van der Waals surface area contributed by atoms with Crippen molar-refractivity contribution in [1.29, 1.82) is 0 Å². The summed E-state index contributed by atoms with van der Waals surface area (Å²) >= 11 is 0. The Hall–Kier alpha value is -1.85. The molecule has 2 N–H and O–H groups in total. The molecule has 0 radical (unpaired) electrons. The molecule has 0 aromatic heterocycles. The molecule has 0 spiro atoms. The van der Waals surface area contributed by atoms with Gasteiger partial charge in [0.05, 0.1) is 5.92 Å². The number of amides is 1. The molecule has 0 saturated carbocycles. The van der Waals surface area contributed by atoms with Gasteiger partial charge in [-0.25, -0.2) is 0 Å². The minimum Gasteiger partial charge on any atom is -0.489 e. The molecular weight excluding hydrogens is 316 g/mol. The molecule has 1 aliphatic heterocycles. The number of rotatable bonds is 9. The second kappa shape index (κ2) is 10.2. The fourth-order valence-electron chi connectivity index (χ4n) is 3.07. The summed E-state index contributed by atoms with van der Waals surface area (Å²) in [6, 6.07) is 8.07. The van der Waals surface area contributed by atoms with Crippen molar-refractivity contribution in [2.24, 2.45) is 5.92 Å². The highest BCUT2D eigenvalue weighted by molar-refractivity contribution is 5.78. The number of benzene rings is 1. The largest absolute Gasteiger partial charge is 0.489 e. The van der Waals surface area contributed by atoms with Crippen LogP contribution in [0.4, 0.5) is 0 Å². The molecule has 0 aliphatic carbocycles. The molecule has 0 unspecified atom stereocenters. The lowest BCUT2D eigenvalue weighted by atomic mass is 9.96. The van der Waals surface area contributed by atoms with E-state index in [-0.39, 0.29) is 18.4 Å². The fraction of sp³-hybridized carbons (Fsp3) is 0.550. The van der Waals surface area contributed by atoms with Crippen LogP contribution in [-0.4, -0.2) is 48.8 Å². The highest BCUT2D eigenvalue weighted by Crippen LogP contribution is 2.24. The summed E-state index contributed by atoms with van der Waals surface area (Å²) in [5.74, 6) is 1.01. The van der Waals surface area contributed by atoms with Gasteiger partial charge in [-0.3, -0.25) is 9.69 Å². The first-order valence-electron chi connectivity index (χ1n) is 9.06. The first kappa shape index (κ1) is 19.5. The van der Waals surface area contributed by atoms with Crippen LogP contribution in [0.1, 0.15) is 31.7 Å². The normalized spacial score (nSPS) is 17.9. The predicted octanol–water partition coefficient (Wildman–Crippen LogP) is 2.35. The van der Waals surface area contributed by atoms with Crippen molar-refractivity contribution >= 4 is 5.91 Å². The molecule has 1 fully saturated rings. The molecule has 1 aliphatic rings. The number of nitrogens with one attached hydrogen (secondary N) is 1. The third-order valence-electron chi connectivity index (χ3n) is 4.35. The van der Waals surface area contributed by atoms with Gasteiger partial charge in [0, 0.05) is 31.8 Å². The second-order valence-corrected chi connectivity index (χ2v) is 6.80. The maximum atomic E-state index is 12.3. The third kappa shape index (κ3) is 6.52. The Bertz CT molecular complexity index is 574.